The van der Waals surface area contributed by atoms with Crippen LogP contribution in [0.4, 0.5) is 0 Å². The Bertz CT molecular complexity index is 9120. The summed E-state index contributed by atoms with van der Waals surface area (Å²) < 4.78 is 477. The molecular weight excluding hydrogens is 1060 g/mol. The van der Waals surface area contributed by atoms with Gasteiger partial charge in [0, 0.05) is 32.3 Å². The molecule has 0 amide bonds. The molecule has 0 bridgehead atoms. The lowest BCUT2D eigenvalue weighted by atomic mass is 9.85. The highest BCUT2D eigenvalue weighted by Crippen LogP contribution is 2.48. The van der Waals surface area contributed by atoms with Gasteiger partial charge in [0.2, 0.25) is 0 Å². The molecule has 0 saturated carbocycles. The fourth-order valence-corrected chi connectivity index (χ4v) is 10.7. The number of hydrogen-bond acceptors (Lipinski definition) is 2. The van der Waals surface area contributed by atoms with Crippen LogP contribution < -0.4 is 0 Å². The predicted octanol–water partition coefficient (Wildman–Crippen LogP) is 24.7. The molecule has 2 aromatic heterocycles. The molecule has 0 atom stereocenters. The van der Waals surface area contributed by atoms with Crippen molar-refractivity contribution < 1.29 is 80.1 Å². The second-order valence-corrected chi connectivity index (χ2v) is 19.3. The van der Waals surface area contributed by atoms with Crippen molar-refractivity contribution in [2.45, 2.75) is 0 Å². The van der Waals surface area contributed by atoms with E-state index in [4.69, 9.17) is 51.3 Å². The van der Waals surface area contributed by atoms with Crippen molar-refractivity contribution >= 4 is 130 Å². The molecule has 2 heterocycles. The lowest BCUT2D eigenvalue weighted by molar-refractivity contribution is 0.672. The van der Waals surface area contributed by atoms with Crippen LogP contribution in [0.5, 0.6) is 0 Å². The third kappa shape index (κ3) is 7.97. The summed E-state index contributed by atoms with van der Waals surface area (Å²) in [6, 6.07) is -45.6. The first-order valence-electron chi connectivity index (χ1n) is 52.1. The lowest BCUT2D eigenvalue weighted by Gasteiger charge is -2.18. The van der Waals surface area contributed by atoms with Crippen LogP contribution in [-0.4, -0.2) is 0 Å². The average molecular weight is 1170 g/mol. The number of fused-ring (bicyclic) bond motifs is 16. The molecule has 0 N–H and O–H groups in total. The summed E-state index contributed by atoms with van der Waals surface area (Å²) in [5, 5.41) is -11.7. The Morgan fingerprint density at radius 3 is 0.875 bits per heavy atom. The van der Waals surface area contributed by atoms with E-state index in [2.05, 4.69) is 0 Å². The number of rotatable bonds is 5. The van der Waals surface area contributed by atoms with Gasteiger partial charge >= 0.3 is 0 Å². The first kappa shape index (κ1) is 20.6. The minimum atomic E-state index is -1.05. The van der Waals surface area contributed by atoms with E-state index in [-0.39, 0.29) is 5.39 Å². The maximum atomic E-state index is 9.82. The lowest BCUT2D eigenvalue weighted by Crippen LogP contribution is -1.91. The molecule has 0 aliphatic carbocycles. The fraction of sp³-hybridized carbons (Fsp3) is 0. The monoisotopic (exact) mass is 1170 g/mol. The molecule has 408 valence electrons. The molecule has 2 nitrogen and oxygen atoms in total. The van der Waals surface area contributed by atoms with Crippen LogP contribution in [0.3, 0.4) is 0 Å². The molecule has 2 heteroatoms. The van der Waals surface area contributed by atoms with Crippen molar-refractivity contribution in [2.75, 3.05) is 0 Å². The molecule has 19 rings (SSSR count). The van der Waals surface area contributed by atoms with E-state index in [0.717, 1.165) is 0 Å². The van der Waals surface area contributed by atoms with Crippen molar-refractivity contribution in [1.82, 2.24) is 0 Å². The van der Waals surface area contributed by atoms with E-state index in [0.29, 0.717) is 0 Å². The molecule has 0 saturated heterocycles. The van der Waals surface area contributed by atoms with Crippen LogP contribution in [0.1, 0.15) is 71.3 Å². The van der Waals surface area contributed by atoms with Crippen molar-refractivity contribution in [1.29, 1.82) is 0 Å². The van der Waals surface area contributed by atoms with Crippen LogP contribution in [0.15, 0.2) is 323 Å². The van der Waals surface area contributed by atoms with Crippen LogP contribution in [0, 0.1) is 0 Å². The van der Waals surface area contributed by atoms with Crippen LogP contribution in [-0.2, 0) is 0 Å². The highest BCUT2D eigenvalue weighted by molar-refractivity contribution is 6.25. The summed E-state index contributed by atoms with van der Waals surface area (Å²) in [4.78, 5) is 0. The molecule has 0 aliphatic heterocycles. The smallest absolute Gasteiger partial charge is 0.143 e. The number of hydrogen-bond donors (Lipinski definition) is 0. The highest BCUT2D eigenvalue weighted by atomic mass is 16.3. The molecule has 88 heavy (non-hydrogen) atoms. The molecule has 0 aliphatic rings. The molecule has 17 aromatic carbocycles. The van der Waals surface area contributed by atoms with Gasteiger partial charge in [0.1, 0.15) is 22.3 Å². The van der Waals surface area contributed by atoms with Gasteiger partial charge in [-0.05, 0) is 185 Å². The van der Waals surface area contributed by atoms with Gasteiger partial charge in [0.15, 0.2) is 0 Å². The molecule has 0 radical (unpaired) electrons. The van der Waals surface area contributed by atoms with Gasteiger partial charge in [-0.15, -0.1) is 0 Å². The summed E-state index contributed by atoms with van der Waals surface area (Å²) >= 11 is 0. The first-order valence-corrected chi connectivity index (χ1v) is 26.1. The van der Waals surface area contributed by atoms with Crippen molar-refractivity contribution in [3.05, 3.63) is 314 Å². The zero-order valence-corrected chi connectivity index (χ0v) is 43.8. The second kappa shape index (κ2) is 20.0. The second-order valence-electron chi connectivity index (χ2n) is 19.3. The van der Waals surface area contributed by atoms with Gasteiger partial charge in [-0.2, -0.15) is 0 Å². The Hall–Kier alpha value is -11.6. The Morgan fingerprint density at radius 2 is 0.455 bits per heavy atom. The molecule has 0 fully saturated rings. The van der Waals surface area contributed by atoms with Gasteiger partial charge in [-0.25, -0.2) is 0 Å². The maximum Gasteiger partial charge on any atom is 0.143 e. The summed E-state index contributed by atoms with van der Waals surface area (Å²) in [7, 11) is 0. The first-order chi connectivity index (χ1) is 65.3. The van der Waals surface area contributed by atoms with Gasteiger partial charge in [0.25, 0.3) is 0 Å². The number of furan rings is 2. The third-order valence-electron chi connectivity index (χ3n) is 14.5. The molecule has 0 unspecified atom stereocenters. The van der Waals surface area contributed by atoms with Crippen LogP contribution in [0.2, 0.25) is 0 Å². The van der Waals surface area contributed by atoms with E-state index in [1.807, 2.05) is 0 Å². The van der Waals surface area contributed by atoms with E-state index < -0.39 is 495 Å². The molecule has 0 spiro atoms. The predicted molar refractivity (Wildman–Crippen MR) is 375 cm³/mol. The summed E-state index contributed by atoms with van der Waals surface area (Å²) in [6.07, 6.45) is 0. The van der Waals surface area contributed by atoms with Gasteiger partial charge in [-0.3, -0.25) is 0 Å². The standard InChI is InChI=1S/C46H28O.C40H24O/c1-2-10-29(11-3-1)31-18-19-33-27-34(21-20-32(33)26-31)44-37-14-6-8-16-39(37)45(40-17-9-7-15-38(40)44)35-23-25-43-42(28-35)41-24-22-30-12-4-5-13-36(30)46(41)47-43;1-2-11-27-23-28(18-17-25(27)9-1)38-31-13-5-7-15-33(31)39(34-16-8-6-14-32(34)38)29-20-22-37-36(24-29)35-21-19-26-10-3-4-12-30(26)40(35)41-37/h1-28H;1-24H/i1D,2D,3D,4D,5D,6D,7D,8D,9D,10D,11D,12D,13D,14D,15D,16D,17D,18D,19D,20D,21D,22D,23D,24D,25D,26D,27D,28D;1D,2D,3D,4D,5D,6D,7D,8D,9D,10D,11D,12D,13D,14D,15D,16D,17D,18D,19D,20D,21D,22D,23D,24D. The Labute approximate surface area is 580 Å². The van der Waals surface area contributed by atoms with Crippen molar-refractivity contribution in [3.8, 4) is 55.6 Å². The average Bonchev–Trinajstić information content (AvgIpc) is 0.972. The normalized spacial score (nSPS) is 20.1. The van der Waals surface area contributed by atoms with E-state index in [1.165, 1.54) is 0 Å². The summed E-state index contributed by atoms with van der Waals surface area (Å²) in [5.41, 5.74) is -9.34. The SMILES string of the molecule is [2H]c1c(-c2c3c([2H])c([2H])c([2H])c([2H])c3c(-c3c([2H])c([2H])c4c([2H])c([2H])c([2H])c([2H])c4c3[2H])c3c([2H])c([2H])c([2H])c([2H])c23)c([2H])c2c(oc3c4c([2H])c([2H])c([2H])c([2H])c4c([2H])c([2H])c32)c1[2H].[2H]c1c([2H])c([2H])c(-c2c([2H])c([2H])c3c([2H])c(-c4c5c([2H])c([2H])c([2H])c([2H])c5c(-c5c([2H])c([2H])c6oc7c8c([2H])c([2H])c([2H])c([2H])c8c([2H])c([2H])c7c6c5[2H])c5c([2H])c([2H])c([2H])c([2H])c45)c([2H])c([2H])c3c2[2H])c([2H])c1[2H]. The van der Waals surface area contributed by atoms with Crippen molar-refractivity contribution in [3.63, 3.8) is 0 Å². The zero-order valence-electron chi connectivity index (χ0n) is 95.8. The third-order valence-corrected chi connectivity index (χ3v) is 14.5. The minimum absolute atomic E-state index is 0.384. The summed E-state index contributed by atoms with van der Waals surface area (Å²) in [6.45, 7) is 0. The maximum absolute atomic E-state index is 9.82. The minimum Gasteiger partial charge on any atom is -0.455 e. The Kier molecular flexibility index (Phi) is 4.68. The highest BCUT2D eigenvalue weighted by Gasteiger charge is 2.21. The van der Waals surface area contributed by atoms with Gasteiger partial charge < -0.3 is 8.83 Å². The van der Waals surface area contributed by atoms with Crippen LogP contribution in [0.25, 0.3) is 186 Å². The summed E-state index contributed by atoms with van der Waals surface area (Å²) in [5.74, 6) is 0. The van der Waals surface area contributed by atoms with E-state index >= 15 is 0 Å². The van der Waals surface area contributed by atoms with E-state index in [1.54, 1.807) is 0 Å². The molecule has 19 aromatic rings. The largest absolute Gasteiger partial charge is 0.455 e. The Balaban J connectivity index is 0.000000187. The van der Waals surface area contributed by atoms with E-state index in [9.17, 15) is 28.8 Å². The topological polar surface area (TPSA) is 26.3 Å². The van der Waals surface area contributed by atoms with Gasteiger partial charge in [0.05, 0.1) is 71.3 Å². The quantitative estimate of drug-likeness (QED) is 0.161. The Morgan fingerprint density at radius 1 is 0.170 bits per heavy atom. The fourth-order valence-electron chi connectivity index (χ4n) is 10.7. The van der Waals surface area contributed by atoms with Crippen molar-refractivity contribution in [2.24, 2.45) is 0 Å². The van der Waals surface area contributed by atoms with Crippen LogP contribution >= 0.6 is 0 Å². The van der Waals surface area contributed by atoms with Gasteiger partial charge in [-0.1, -0.05) is 260 Å². The molecular formula is C86H52O2. The number of benzene rings is 17. The zero-order chi connectivity index (χ0) is 103.